The van der Waals surface area contributed by atoms with Crippen molar-refractivity contribution < 1.29 is 18.6 Å². The van der Waals surface area contributed by atoms with Gasteiger partial charge in [-0.15, -0.1) is 0 Å². The molecule has 1 rings (SSSR count). The summed E-state index contributed by atoms with van der Waals surface area (Å²) in [5.41, 5.74) is 0.398. The minimum atomic E-state index is -2.86. The van der Waals surface area contributed by atoms with Crippen molar-refractivity contribution in [2.45, 2.75) is 26.1 Å². The van der Waals surface area contributed by atoms with Gasteiger partial charge >= 0.3 is 6.61 Å². The number of hydrogen-bond acceptors (Lipinski definition) is 2. The van der Waals surface area contributed by atoms with Crippen LogP contribution < -0.4 is 4.74 Å². The van der Waals surface area contributed by atoms with Crippen LogP contribution in [0.5, 0.6) is 5.75 Å². The molecule has 0 aliphatic carbocycles. The quantitative estimate of drug-likeness (QED) is 0.813. The number of para-hydroxylation sites is 1. The third-order valence-corrected chi connectivity index (χ3v) is 1.88. The van der Waals surface area contributed by atoms with Crippen molar-refractivity contribution in [2.75, 3.05) is 0 Å². The zero-order valence-electron chi connectivity index (χ0n) is 7.78. The fourth-order valence-corrected chi connectivity index (χ4v) is 1.18. The number of halogens is 2. The summed E-state index contributed by atoms with van der Waals surface area (Å²) in [5, 5.41) is 9.50. The van der Waals surface area contributed by atoms with Gasteiger partial charge in [-0.05, 0) is 12.5 Å². The van der Waals surface area contributed by atoms with Crippen molar-refractivity contribution in [3.8, 4) is 5.75 Å². The standard InChI is InChI=1S/C10H12F2O2/c1-2-8(13)7-5-3-4-6-9(7)14-10(11)12/h3-6,8,10,13H,2H2,1H3/t8-/m0/s1. The largest absolute Gasteiger partial charge is 0.434 e. The first kappa shape index (κ1) is 10.9. The lowest BCUT2D eigenvalue weighted by molar-refractivity contribution is -0.0515. The molecule has 0 saturated carbocycles. The molecule has 0 spiro atoms. The Kier molecular flexibility index (Phi) is 3.83. The molecule has 1 N–H and O–H groups in total. The summed E-state index contributed by atoms with van der Waals surface area (Å²) >= 11 is 0. The van der Waals surface area contributed by atoms with Crippen LogP contribution in [0.25, 0.3) is 0 Å². The average molecular weight is 202 g/mol. The van der Waals surface area contributed by atoms with Crippen molar-refractivity contribution >= 4 is 0 Å². The van der Waals surface area contributed by atoms with Gasteiger partial charge in [0.2, 0.25) is 0 Å². The van der Waals surface area contributed by atoms with Gasteiger partial charge in [-0.25, -0.2) is 0 Å². The Morgan fingerprint density at radius 3 is 2.57 bits per heavy atom. The summed E-state index contributed by atoms with van der Waals surface area (Å²) in [6, 6.07) is 6.25. The normalized spacial score (nSPS) is 12.9. The molecule has 0 fully saturated rings. The Bertz CT molecular complexity index is 289. The molecule has 0 saturated heterocycles. The van der Waals surface area contributed by atoms with Gasteiger partial charge in [-0.1, -0.05) is 25.1 Å². The van der Waals surface area contributed by atoms with Crippen LogP contribution in [-0.2, 0) is 0 Å². The van der Waals surface area contributed by atoms with Crippen molar-refractivity contribution in [1.82, 2.24) is 0 Å². The first-order valence-electron chi connectivity index (χ1n) is 4.37. The molecule has 4 heteroatoms. The summed E-state index contributed by atoms with van der Waals surface area (Å²) in [4.78, 5) is 0. The van der Waals surface area contributed by atoms with Crippen molar-refractivity contribution in [3.63, 3.8) is 0 Å². The summed E-state index contributed by atoms with van der Waals surface area (Å²) < 4.78 is 28.2. The van der Waals surface area contributed by atoms with Crippen LogP contribution in [0.3, 0.4) is 0 Å². The maximum Gasteiger partial charge on any atom is 0.387 e. The van der Waals surface area contributed by atoms with Gasteiger partial charge in [-0.2, -0.15) is 8.78 Å². The lowest BCUT2D eigenvalue weighted by Crippen LogP contribution is -2.06. The molecular weight excluding hydrogens is 190 g/mol. The van der Waals surface area contributed by atoms with E-state index in [1.165, 1.54) is 6.07 Å². The SMILES string of the molecule is CC[C@H](O)c1ccccc1OC(F)F. The Balaban J connectivity index is 2.91. The zero-order valence-corrected chi connectivity index (χ0v) is 7.78. The summed E-state index contributed by atoms with van der Waals surface area (Å²) in [6.45, 7) is -1.09. The van der Waals surface area contributed by atoms with Gasteiger partial charge < -0.3 is 9.84 Å². The molecule has 1 atom stereocenters. The number of aliphatic hydroxyl groups excluding tert-OH is 1. The molecule has 0 aliphatic heterocycles. The number of hydrogen-bond donors (Lipinski definition) is 1. The second-order valence-corrected chi connectivity index (χ2v) is 2.84. The molecule has 78 valence electrons. The van der Waals surface area contributed by atoms with Crippen LogP contribution in [0.1, 0.15) is 25.0 Å². The lowest BCUT2D eigenvalue weighted by atomic mass is 10.1. The minimum absolute atomic E-state index is 0.0388. The highest BCUT2D eigenvalue weighted by molar-refractivity contribution is 5.34. The fraction of sp³-hybridized carbons (Fsp3) is 0.400. The van der Waals surface area contributed by atoms with E-state index in [0.29, 0.717) is 12.0 Å². The second-order valence-electron chi connectivity index (χ2n) is 2.84. The van der Waals surface area contributed by atoms with Crippen molar-refractivity contribution in [1.29, 1.82) is 0 Å². The van der Waals surface area contributed by atoms with Gasteiger partial charge in [0.05, 0.1) is 6.10 Å². The average Bonchev–Trinajstić information content (AvgIpc) is 2.16. The lowest BCUT2D eigenvalue weighted by Gasteiger charge is -2.13. The van der Waals surface area contributed by atoms with E-state index in [1.807, 2.05) is 0 Å². The van der Waals surface area contributed by atoms with Gasteiger partial charge in [0, 0.05) is 5.56 Å². The van der Waals surface area contributed by atoms with Crippen LogP contribution in [0.4, 0.5) is 8.78 Å². The van der Waals surface area contributed by atoms with Gasteiger partial charge in [0.15, 0.2) is 0 Å². The molecule has 0 heterocycles. The molecule has 0 unspecified atom stereocenters. The molecule has 14 heavy (non-hydrogen) atoms. The van der Waals surface area contributed by atoms with E-state index < -0.39 is 12.7 Å². The van der Waals surface area contributed by atoms with Crippen molar-refractivity contribution in [2.24, 2.45) is 0 Å². The van der Waals surface area contributed by atoms with E-state index in [-0.39, 0.29) is 5.75 Å². The summed E-state index contributed by atoms with van der Waals surface area (Å²) in [5.74, 6) is 0.0388. The van der Waals surface area contributed by atoms with Gasteiger partial charge in [0.25, 0.3) is 0 Å². The number of benzene rings is 1. The molecule has 0 bridgehead atoms. The van der Waals surface area contributed by atoms with Crippen LogP contribution in [0, 0.1) is 0 Å². The molecule has 0 aromatic heterocycles. The third-order valence-electron chi connectivity index (χ3n) is 1.88. The monoisotopic (exact) mass is 202 g/mol. The molecular formula is C10H12F2O2. The number of ether oxygens (including phenoxy) is 1. The molecule has 0 aliphatic rings. The maximum absolute atomic E-state index is 12.0. The number of rotatable bonds is 4. The highest BCUT2D eigenvalue weighted by atomic mass is 19.3. The van der Waals surface area contributed by atoms with E-state index >= 15 is 0 Å². The Morgan fingerprint density at radius 2 is 2.00 bits per heavy atom. The number of alkyl halides is 2. The van der Waals surface area contributed by atoms with E-state index in [9.17, 15) is 13.9 Å². The van der Waals surface area contributed by atoms with E-state index in [0.717, 1.165) is 0 Å². The van der Waals surface area contributed by atoms with E-state index in [2.05, 4.69) is 4.74 Å². The second kappa shape index (κ2) is 4.91. The first-order valence-corrected chi connectivity index (χ1v) is 4.37. The zero-order chi connectivity index (χ0) is 10.6. The summed E-state index contributed by atoms with van der Waals surface area (Å²) in [6.07, 6.45) is -0.297. The highest BCUT2D eigenvalue weighted by Gasteiger charge is 2.13. The van der Waals surface area contributed by atoms with E-state index in [1.54, 1.807) is 25.1 Å². The highest BCUT2D eigenvalue weighted by Crippen LogP contribution is 2.27. The van der Waals surface area contributed by atoms with Crippen LogP contribution >= 0.6 is 0 Å². The van der Waals surface area contributed by atoms with E-state index in [4.69, 9.17) is 0 Å². The fourth-order valence-electron chi connectivity index (χ4n) is 1.18. The summed E-state index contributed by atoms with van der Waals surface area (Å²) in [7, 11) is 0. The predicted molar refractivity (Wildman–Crippen MR) is 48.3 cm³/mol. The topological polar surface area (TPSA) is 29.5 Å². The Morgan fingerprint density at radius 1 is 1.36 bits per heavy atom. The van der Waals surface area contributed by atoms with Gasteiger partial charge in [0.1, 0.15) is 5.75 Å². The maximum atomic E-state index is 12.0. The molecule has 2 nitrogen and oxygen atoms in total. The van der Waals surface area contributed by atoms with Crippen molar-refractivity contribution in [3.05, 3.63) is 29.8 Å². The number of aliphatic hydroxyl groups is 1. The molecule has 1 aromatic carbocycles. The Labute approximate surface area is 81.1 Å². The molecule has 0 radical (unpaired) electrons. The molecule has 1 aromatic rings. The predicted octanol–water partition coefficient (Wildman–Crippen LogP) is 2.73. The van der Waals surface area contributed by atoms with Crippen LogP contribution in [-0.4, -0.2) is 11.7 Å². The first-order chi connectivity index (χ1) is 6.65. The van der Waals surface area contributed by atoms with Crippen LogP contribution in [0.2, 0.25) is 0 Å². The van der Waals surface area contributed by atoms with Crippen LogP contribution in [0.15, 0.2) is 24.3 Å². The Hall–Kier alpha value is -1.16. The smallest absolute Gasteiger partial charge is 0.387 e. The third kappa shape index (κ3) is 2.67. The molecule has 0 amide bonds. The van der Waals surface area contributed by atoms with Gasteiger partial charge in [-0.3, -0.25) is 0 Å². The minimum Gasteiger partial charge on any atom is -0.434 e.